The number of sulfonamides is 1. The minimum Gasteiger partial charge on any atom is -0.368 e. The zero-order valence-corrected chi connectivity index (χ0v) is 22.1. The highest BCUT2D eigenvalue weighted by Gasteiger charge is 2.39. The van der Waals surface area contributed by atoms with Gasteiger partial charge in [-0.05, 0) is 68.3 Å². The summed E-state index contributed by atoms with van der Waals surface area (Å²) in [5, 5.41) is 4.27. The predicted octanol–water partition coefficient (Wildman–Crippen LogP) is 3.91. The minimum atomic E-state index is -3.57. The highest BCUT2D eigenvalue weighted by Crippen LogP contribution is 2.27. The molecule has 2 aromatic rings. The van der Waals surface area contributed by atoms with Crippen molar-refractivity contribution < 1.29 is 8.42 Å². The highest BCUT2D eigenvalue weighted by molar-refractivity contribution is 7.89. The molecule has 0 radical (unpaired) electrons. The number of unbranched alkanes of at least 4 members (excludes halogenated alkanes) is 1. The van der Waals surface area contributed by atoms with E-state index in [4.69, 9.17) is 11.6 Å². The second-order valence-corrected chi connectivity index (χ2v) is 11.9. The van der Waals surface area contributed by atoms with Crippen molar-refractivity contribution in [3.63, 3.8) is 0 Å². The van der Waals surface area contributed by atoms with Crippen LogP contribution < -0.4 is 10.2 Å². The smallest absolute Gasteiger partial charge is 0.243 e. The van der Waals surface area contributed by atoms with Crippen molar-refractivity contribution in [3.05, 3.63) is 58.6 Å². The molecule has 2 aliphatic heterocycles. The molecule has 2 aromatic carbocycles. The number of aryl methyl sites for hydroxylation is 2. The van der Waals surface area contributed by atoms with Crippen LogP contribution in [0.15, 0.2) is 47.4 Å². The summed E-state index contributed by atoms with van der Waals surface area (Å²) in [5.74, 6) is 0. The van der Waals surface area contributed by atoms with Crippen molar-refractivity contribution in [2.24, 2.45) is 0 Å². The quantitative estimate of drug-likeness (QED) is 0.619. The van der Waals surface area contributed by atoms with Crippen molar-refractivity contribution in [2.75, 3.05) is 50.7 Å². The molecule has 0 amide bonds. The number of hydrogen-bond acceptors (Lipinski definition) is 5. The summed E-state index contributed by atoms with van der Waals surface area (Å²) >= 11 is 6.00. The second kappa shape index (κ2) is 11.0. The maximum atomic E-state index is 13.4. The van der Waals surface area contributed by atoms with E-state index in [2.05, 4.69) is 54.1 Å². The molecule has 1 N–H and O–H groups in total. The van der Waals surface area contributed by atoms with E-state index in [-0.39, 0.29) is 12.1 Å². The minimum absolute atomic E-state index is 0.121. The predicted molar refractivity (Wildman–Crippen MR) is 140 cm³/mol. The molecular weight excluding hydrogens is 468 g/mol. The summed E-state index contributed by atoms with van der Waals surface area (Å²) < 4.78 is 28.6. The molecule has 0 aliphatic carbocycles. The molecule has 2 aliphatic rings. The van der Waals surface area contributed by atoms with Crippen LogP contribution in [0.1, 0.15) is 30.9 Å². The van der Waals surface area contributed by atoms with Gasteiger partial charge in [-0.2, -0.15) is 4.31 Å². The van der Waals surface area contributed by atoms with Crippen molar-refractivity contribution in [1.29, 1.82) is 0 Å². The molecule has 0 spiro atoms. The Morgan fingerprint density at radius 3 is 2.53 bits per heavy atom. The van der Waals surface area contributed by atoms with E-state index in [9.17, 15) is 8.42 Å². The van der Waals surface area contributed by atoms with Gasteiger partial charge in [-0.25, -0.2) is 8.42 Å². The van der Waals surface area contributed by atoms with E-state index in [0.29, 0.717) is 23.0 Å². The average Bonchev–Trinajstić information content (AvgIpc) is 2.84. The van der Waals surface area contributed by atoms with Crippen LogP contribution in [0.4, 0.5) is 5.69 Å². The third-order valence-corrected chi connectivity index (χ3v) is 9.25. The Morgan fingerprint density at radius 1 is 1.03 bits per heavy atom. The summed E-state index contributed by atoms with van der Waals surface area (Å²) in [6.07, 6.45) is 2.25. The Kier molecular flexibility index (Phi) is 8.20. The highest BCUT2D eigenvalue weighted by atomic mass is 35.5. The van der Waals surface area contributed by atoms with Crippen molar-refractivity contribution in [2.45, 2.75) is 50.6 Å². The van der Waals surface area contributed by atoms with Gasteiger partial charge in [0.05, 0.1) is 4.90 Å². The van der Waals surface area contributed by atoms with Crippen LogP contribution in [0, 0.1) is 13.8 Å². The summed E-state index contributed by atoms with van der Waals surface area (Å²) in [7, 11) is -3.57. The number of anilines is 1. The number of halogens is 1. The van der Waals surface area contributed by atoms with Crippen LogP contribution in [0.3, 0.4) is 0 Å². The van der Waals surface area contributed by atoms with Gasteiger partial charge >= 0.3 is 0 Å². The third-order valence-electron chi connectivity index (χ3n) is 7.12. The number of hydrogen-bond donors (Lipinski definition) is 1. The Bertz CT molecular complexity index is 1080. The molecule has 8 heteroatoms. The van der Waals surface area contributed by atoms with E-state index in [0.717, 1.165) is 45.6 Å². The number of nitrogens with one attached hydrogen (secondary N) is 1. The van der Waals surface area contributed by atoms with E-state index in [1.807, 2.05) is 0 Å². The molecule has 2 atom stereocenters. The van der Waals surface area contributed by atoms with Gasteiger partial charge in [0.2, 0.25) is 10.0 Å². The first kappa shape index (κ1) is 25.5. The molecular formula is C26H37ClN4O2S. The summed E-state index contributed by atoms with van der Waals surface area (Å²) in [6.45, 7) is 12.0. The van der Waals surface area contributed by atoms with Crippen LogP contribution in [0.2, 0.25) is 5.02 Å². The molecule has 2 unspecified atom stereocenters. The number of benzene rings is 2. The average molecular weight is 505 g/mol. The van der Waals surface area contributed by atoms with Gasteiger partial charge in [0.15, 0.2) is 0 Å². The second-order valence-electron chi connectivity index (χ2n) is 9.57. The van der Waals surface area contributed by atoms with Crippen LogP contribution in [-0.2, 0) is 10.0 Å². The maximum Gasteiger partial charge on any atom is 0.243 e. The fraction of sp³-hybridized carbons (Fsp3) is 0.538. The van der Waals surface area contributed by atoms with Gasteiger partial charge in [0.25, 0.3) is 0 Å². The molecule has 0 aromatic heterocycles. The SMILES string of the molecule is CCCCN1CCN(S(=O)(=O)c2ccc(Cl)cc2)CC1C1CN(c2cc(C)ccc2C)CCN1. The van der Waals surface area contributed by atoms with Gasteiger partial charge in [0, 0.05) is 62.1 Å². The summed E-state index contributed by atoms with van der Waals surface area (Å²) in [5.41, 5.74) is 3.83. The van der Waals surface area contributed by atoms with Crippen LogP contribution in [0.25, 0.3) is 0 Å². The van der Waals surface area contributed by atoms with Gasteiger partial charge in [-0.3, -0.25) is 4.90 Å². The zero-order chi connectivity index (χ0) is 24.3. The molecule has 2 fully saturated rings. The van der Waals surface area contributed by atoms with E-state index >= 15 is 0 Å². The molecule has 4 rings (SSSR count). The molecule has 34 heavy (non-hydrogen) atoms. The van der Waals surface area contributed by atoms with Crippen LogP contribution >= 0.6 is 11.6 Å². The lowest BCUT2D eigenvalue weighted by Gasteiger charge is -2.47. The maximum absolute atomic E-state index is 13.4. The Labute approximate surface area is 209 Å². The van der Waals surface area contributed by atoms with Crippen molar-refractivity contribution >= 4 is 27.3 Å². The number of nitrogens with zero attached hydrogens (tertiary/aromatic N) is 3. The molecule has 0 saturated carbocycles. The Balaban J connectivity index is 1.57. The van der Waals surface area contributed by atoms with E-state index in [1.54, 1.807) is 28.6 Å². The topological polar surface area (TPSA) is 55.9 Å². The summed E-state index contributed by atoms with van der Waals surface area (Å²) in [4.78, 5) is 5.28. The molecule has 186 valence electrons. The first-order valence-corrected chi connectivity index (χ1v) is 14.2. The van der Waals surface area contributed by atoms with Gasteiger partial charge in [-0.1, -0.05) is 37.1 Å². The molecule has 0 bridgehead atoms. The summed E-state index contributed by atoms with van der Waals surface area (Å²) in [6, 6.07) is 13.4. The lowest BCUT2D eigenvalue weighted by atomic mass is 10.00. The van der Waals surface area contributed by atoms with Crippen LogP contribution in [-0.4, -0.2) is 75.5 Å². The fourth-order valence-electron chi connectivity index (χ4n) is 5.13. The lowest BCUT2D eigenvalue weighted by molar-refractivity contribution is 0.0864. The van der Waals surface area contributed by atoms with E-state index < -0.39 is 10.0 Å². The van der Waals surface area contributed by atoms with Crippen molar-refractivity contribution in [1.82, 2.24) is 14.5 Å². The zero-order valence-electron chi connectivity index (χ0n) is 20.5. The van der Waals surface area contributed by atoms with Gasteiger partial charge < -0.3 is 10.2 Å². The Morgan fingerprint density at radius 2 is 1.79 bits per heavy atom. The fourth-order valence-corrected chi connectivity index (χ4v) is 6.71. The number of rotatable bonds is 7. The first-order valence-electron chi connectivity index (χ1n) is 12.3. The van der Waals surface area contributed by atoms with Gasteiger partial charge in [0.1, 0.15) is 0 Å². The number of piperazine rings is 2. The monoisotopic (exact) mass is 504 g/mol. The standard InChI is InChI=1S/C26H37ClN4O2S/c1-4-5-13-29-15-16-31(34(32,33)23-10-8-22(27)9-11-23)19-26(29)24-18-30(14-12-28-24)25-17-20(2)6-7-21(25)3/h6-11,17,24,26,28H,4-5,12-16,18-19H2,1-3H3. The molecule has 2 saturated heterocycles. The van der Waals surface area contributed by atoms with Gasteiger partial charge in [-0.15, -0.1) is 0 Å². The van der Waals surface area contributed by atoms with Crippen LogP contribution in [0.5, 0.6) is 0 Å². The van der Waals surface area contributed by atoms with E-state index in [1.165, 1.54) is 16.8 Å². The first-order chi connectivity index (χ1) is 16.3. The molecule has 2 heterocycles. The lowest BCUT2D eigenvalue weighted by Crippen LogP contribution is -2.66. The molecule has 6 nitrogen and oxygen atoms in total. The third kappa shape index (κ3) is 5.60. The van der Waals surface area contributed by atoms with Crippen molar-refractivity contribution in [3.8, 4) is 0 Å². The largest absolute Gasteiger partial charge is 0.368 e. The Hall–Kier alpha value is -1.64. The normalized spacial score (nSPS) is 22.8.